The Morgan fingerprint density at radius 2 is 2.00 bits per heavy atom. The summed E-state index contributed by atoms with van der Waals surface area (Å²) < 4.78 is 5.80. The van der Waals surface area contributed by atoms with Gasteiger partial charge >= 0.3 is 0 Å². The highest BCUT2D eigenvalue weighted by molar-refractivity contribution is 5.77. The third kappa shape index (κ3) is 6.30. The molecule has 0 spiro atoms. The molecule has 0 unspecified atom stereocenters. The van der Waals surface area contributed by atoms with Gasteiger partial charge in [-0.2, -0.15) is 0 Å². The molecule has 2 aliphatic heterocycles. The first-order valence-corrected chi connectivity index (χ1v) is 10.5. The smallest absolute Gasteiger partial charge is 0.233 e. The van der Waals surface area contributed by atoms with Crippen molar-refractivity contribution < 1.29 is 9.53 Å². The number of carbonyl (C=O) groups is 1. The SMILES string of the molecule is CNC(=O)CN(CC1CCN(Cc2ccccc2C)CC1)C[C@H]1CCCO1. The Morgan fingerprint density at radius 1 is 1.22 bits per heavy atom. The van der Waals surface area contributed by atoms with Crippen LogP contribution in [-0.4, -0.2) is 68.2 Å². The van der Waals surface area contributed by atoms with Crippen molar-refractivity contribution in [2.24, 2.45) is 5.92 Å². The summed E-state index contributed by atoms with van der Waals surface area (Å²) in [6.45, 7) is 8.79. The van der Waals surface area contributed by atoms with E-state index in [2.05, 4.69) is 46.3 Å². The molecule has 1 amide bonds. The van der Waals surface area contributed by atoms with E-state index in [0.29, 0.717) is 18.6 Å². The third-order valence-corrected chi connectivity index (χ3v) is 6.01. The lowest BCUT2D eigenvalue weighted by molar-refractivity contribution is -0.122. The number of benzene rings is 1. The highest BCUT2D eigenvalue weighted by Crippen LogP contribution is 2.22. The highest BCUT2D eigenvalue weighted by atomic mass is 16.5. The van der Waals surface area contributed by atoms with E-state index in [0.717, 1.165) is 52.2 Å². The maximum Gasteiger partial charge on any atom is 0.233 e. The number of aryl methyl sites for hydroxylation is 1. The van der Waals surface area contributed by atoms with Gasteiger partial charge in [-0.15, -0.1) is 0 Å². The molecular formula is C22H35N3O2. The fraction of sp³-hybridized carbons (Fsp3) is 0.682. The number of ether oxygens (including phenoxy) is 1. The molecule has 1 aromatic rings. The fourth-order valence-corrected chi connectivity index (χ4v) is 4.28. The molecule has 2 aliphatic rings. The monoisotopic (exact) mass is 373 g/mol. The third-order valence-electron chi connectivity index (χ3n) is 6.01. The highest BCUT2D eigenvalue weighted by Gasteiger charge is 2.25. The maximum absolute atomic E-state index is 11.9. The predicted molar refractivity (Wildman–Crippen MR) is 109 cm³/mol. The standard InChI is InChI=1S/C22H35N3O2/c1-18-6-3-4-7-20(18)15-24-11-9-19(10-12-24)14-25(17-22(26)23-2)16-21-8-5-13-27-21/h3-4,6-7,19,21H,5,8-17H2,1-2H3,(H,23,26)/t21-/m1/s1. The van der Waals surface area contributed by atoms with Crippen LogP contribution in [0.4, 0.5) is 0 Å². The van der Waals surface area contributed by atoms with E-state index in [1.807, 2.05) is 0 Å². The zero-order valence-corrected chi connectivity index (χ0v) is 17.0. The number of nitrogens with one attached hydrogen (secondary N) is 1. The Morgan fingerprint density at radius 3 is 2.67 bits per heavy atom. The van der Waals surface area contributed by atoms with E-state index in [1.54, 1.807) is 7.05 Å². The van der Waals surface area contributed by atoms with Gasteiger partial charge in [0.15, 0.2) is 0 Å². The van der Waals surface area contributed by atoms with Crippen LogP contribution in [0.1, 0.15) is 36.8 Å². The van der Waals surface area contributed by atoms with Crippen LogP contribution in [0.5, 0.6) is 0 Å². The average molecular weight is 374 g/mol. The number of hydrogen-bond donors (Lipinski definition) is 1. The lowest BCUT2D eigenvalue weighted by Gasteiger charge is -2.35. The van der Waals surface area contributed by atoms with Gasteiger partial charge in [-0.05, 0) is 62.7 Å². The molecule has 0 saturated carbocycles. The molecule has 5 nitrogen and oxygen atoms in total. The first kappa shape index (κ1) is 20.3. The van der Waals surface area contributed by atoms with Crippen LogP contribution in [0.2, 0.25) is 0 Å². The first-order valence-electron chi connectivity index (χ1n) is 10.5. The Labute approximate surface area is 164 Å². The van der Waals surface area contributed by atoms with Gasteiger partial charge in [0.1, 0.15) is 0 Å². The second kappa shape index (κ2) is 10.2. The summed E-state index contributed by atoms with van der Waals surface area (Å²) in [5.74, 6) is 0.772. The van der Waals surface area contributed by atoms with Gasteiger partial charge < -0.3 is 10.1 Å². The minimum absolute atomic E-state index is 0.102. The van der Waals surface area contributed by atoms with Crippen molar-refractivity contribution >= 4 is 5.91 Å². The summed E-state index contributed by atoms with van der Waals surface area (Å²) in [6, 6.07) is 8.69. The molecule has 2 saturated heterocycles. The van der Waals surface area contributed by atoms with E-state index in [1.165, 1.54) is 24.0 Å². The summed E-state index contributed by atoms with van der Waals surface area (Å²) in [7, 11) is 1.72. The molecule has 0 aromatic heterocycles. The molecule has 1 aromatic carbocycles. The number of likely N-dealkylation sites (N-methyl/N-ethyl adjacent to an activating group) is 1. The van der Waals surface area contributed by atoms with Gasteiger partial charge in [-0.3, -0.25) is 14.6 Å². The number of rotatable bonds is 8. The number of carbonyl (C=O) groups excluding carboxylic acids is 1. The number of amides is 1. The minimum atomic E-state index is 0.102. The second-order valence-corrected chi connectivity index (χ2v) is 8.15. The normalized spacial score (nSPS) is 21.7. The summed E-state index contributed by atoms with van der Waals surface area (Å²) in [5.41, 5.74) is 2.82. The zero-order chi connectivity index (χ0) is 19.1. The molecule has 1 N–H and O–H groups in total. The van der Waals surface area contributed by atoms with Crippen LogP contribution >= 0.6 is 0 Å². The van der Waals surface area contributed by atoms with Crippen molar-refractivity contribution in [3.8, 4) is 0 Å². The van der Waals surface area contributed by atoms with Gasteiger partial charge in [0.25, 0.3) is 0 Å². The van der Waals surface area contributed by atoms with Gasteiger partial charge in [-0.25, -0.2) is 0 Å². The van der Waals surface area contributed by atoms with Gasteiger partial charge in [0, 0.05) is 33.3 Å². The maximum atomic E-state index is 11.9. The van der Waals surface area contributed by atoms with E-state index >= 15 is 0 Å². The molecule has 2 fully saturated rings. The molecule has 0 radical (unpaired) electrons. The Bertz CT molecular complexity index is 593. The molecule has 0 bridgehead atoms. The topological polar surface area (TPSA) is 44.8 Å². The molecule has 3 rings (SSSR count). The van der Waals surface area contributed by atoms with Crippen LogP contribution in [0.3, 0.4) is 0 Å². The minimum Gasteiger partial charge on any atom is -0.377 e. The summed E-state index contributed by atoms with van der Waals surface area (Å²) in [4.78, 5) is 16.8. The molecule has 150 valence electrons. The summed E-state index contributed by atoms with van der Waals surface area (Å²) in [6.07, 6.45) is 4.99. The van der Waals surface area contributed by atoms with Crippen molar-refractivity contribution in [1.82, 2.24) is 15.1 Å². The molecule has 2 heterocycles. The van der Waals surface area contributed by atoms with Crippen LogP contribution in [0, 0.1) is 12.8 Å². The van der Waals surface area contributed by atoms with Gasteiger partial charge in [-0.1, -0.05) is 24.3 Å². The molecule has 0 aliphatic carbocycles. The van der Waals surface area contributed by atoms with Crippen molar-refractivity contribution in [3.05, 3.63) is 35.4 Å². The lowest BCUT2D eigenvalue weighted by atomic mass is 9.95. The Balaban J connectivity index is 1.47. The average Bonchev–Trinajstić information content (AvgIpc) is 3.18. The molecular weight excluding hydrogens is 338 g/mol. The van der Waals surface area contributed by atoms with E-state index in [4.69, 9.17) is 4.74 Å². The van der Waals surface area contributed by atoms with E-state index in [9.17, 15) is 4.79 Å². The van der Waals surface area contributed by atoms with Crippen molar-refractivity contribution in [2.45, 2.75) is 45.3 Å². The van der Waals surface area contributed by atoms with Gasteiger partial charge in [0.05, 0.1) is 12.6 Å². The molecule has 5 heteroatoms. The van der Waals surface area contributed by atoms with Crippen LogP contribution in [0.25, 0.3) is 0 Å². The van der Waals surface area contributed by atoms with Crippen molar-refractivity contribution in [1.29, 1.82) is 0 Å². The first-order chi connectivity index (χ1) is 13.1. The number of nitrogens with zero attached hydrogens (tertiary/aromatic N) is 2. The predicted octanol–water partition coefficient (Wildman–Crippen LogP) is 2.43. The number of piperidine rings is 1. The Hall–Kier alpha value is -1.43. The quantitative estimate of drug-likeness (QED) is 0.760. The fourth-order valence-electron chi connectivity index (χ4n) is 4.28. The molecule has 27 heavy (non-hydrogen) atoms. The van der Waals surface area contributed by atoms with Crippen molar-refractivity contribution in [3.63, 3.8) is 0 Å². The molecule has 1 atom stereocenters. The number of likely N-dealkylation sites (tertiary alicyclic amines) is 1. The zero-order valence-electron chi connectivity index (χ0n) is 17.0. The summed E-state index contributed by atoms with van der Waals surface area (Å²) >= 11 is 0. The van der Waals surface area contributed by atoms with Crippen LogP contribution < -0.4 is 5.32 Å². The van der Waals surface area contributed by atoms with E-state index in [-0.39, 0.29) is 5.91 Å². The number of hydrogen-bond acceptors (Lipinski definition) is 4. The van der Waals surface area contributed by atoms with Crippen molar-refractivity contribution in [2.75, 3.05) is 46.4 Å². The van der Waals surface area contributed by atoms with Crippen LogP contribution in [-0.2, 0) is 16.1 Å². The summed E-state index contributed by atoms with van der Waals surface area (Å²) in [5, 5.41) is 2.77. The lowest BCUT2D eigenvalue weighted by Crippen LogP contribution is -2.44. The van der Waals surface area contributed by atoms with E-state index < -0.39 is 0 Å². The largest absolute Gasteiger partial charge is 0.377 e. The Kier molecular flexibility index (Phi) is 7.68. The van der Waals surface area contributed by atoms with Gasteiger partial charge in [0.2, 0.25) is 5.91 Å². The second-order valence-electron chi connectivity index (χ2n) is 8.15. The van der Waals surface area contributed by atoms with Crippen LogP contribution in [0.15, 0.2) is 24.3 Å².